The molecule has 0 heterocycles. The van der Waals surface area contributed by atoms with E-state index in [2.05, 4.69) is 13.8 Å². The minimum absolute atomic E-state index is 0.0214. The summed E-state index contributed by atoms with van der Waals surface area (Å²) in [4.78, 5) is 22.1. The van der Waals surface area contributed by atoms with Gasteiger partial charge in [-0.05, 0) is 67.3 Å². The standard InChI is InChI=1S/C28H34O7/c1-5-24(35-19-27(31)32)11-6-20(2)28(4,22-7-12-25(13-8-22)33-17-16-29)23-9-14-26(15-10-23)34-18-21(3)30/h5-15,20,29H,16-19H2,1-4H3,(H,31,32)/b11-6-,24-5+. The predicted octanol–water partition coefficient (Wildman–Crippen LogP) is 4.53. The Kier molecular flexibility index (Phi) is 10.5. The van der Waals surface area contributed by atoms with Crippen LogP contribution in [0.5, 0.6) is 11.5 Å². The van der Waals surface area contributed by atoms with Gasteiger partial charge in [0.1, 0.15) is 30.5 Å². The number of aliphatic carboxylic acids is 1. The summed E-state index contributed by atoms with van der Waals surface area (Å²) in [6, 6.07) is 15.4. The van der Waals surface area contributed by atoms with Gasteiger partial charge in [0, 0.05) is 5.41 Å². The summed E-state index contributed by atoms with van der Waals surface area (Å²) in [5.41, 5.74) is 1.59. The monoisotopic (exact) mass is 482 g/mol. The van der Waals surface area contributed by atoms with Crippen LogP contribution >= 0.6 is 0 Å². The Morgan fingerprint density at radius 1 is 0.971 bits per heavy atom. The lowest BCUT2D eigenvalue weighted by Gasteiger charge is -2.36. The Balaban J connectivity index is 2.40. The summed E-state index contributed by atoms with van der Waals surface area (Å²) in [5, 5.41) is 17.9. The Morgan fingerprint density at radius 2 is 1.51 bits per heavy atom. The van der Waals surface area contributed by atoms with Crippen molar-refractivity contribution in [1.29, 1.82) is 0 Å². The van der Waals surface area contributed by atoms with E-state index in [4.69, 9.17) is 24.4 Å². The van der Waals surface area contributed by atoms with Crippen molar-refractivity contribution in [3.8, 4) is 11.5 Å². The van der Waals surface area contributed by atoms with E-state index in [1.807, 2.05) is 54.6 Å². The molecule has 2 N–H and O–H groups in total. The molecule has 2 atom stereocenters. The molecule has 0 radical (unpaired) electrons. The van der Waals surface area contributed by atoms with E-state index in [1.54, 1.807) is 19.1 Å². The third-order valence-electron chi connectivity index (χ3n) is 5.82. The summed E-state index contributed by atoms with van der Waals surface area (Å²) in [6.45, 7) is 7.25. The SMILES string of the molecule is C/C=C(\C=C/C(C)C(C)(c1ccc(OCCO)cc1)c1ccc(OCC(C)=O)cc1)OCC(=O)O. The van der Waals surface area contributed by atoms with Crippen LogP contribution in [0.2, 0.25) is 0 Å². The fourth-order valence-corrected chi connectivity index (χ4v) is 3.64. The molecule has 0 amide bonds. The Bertz CT molecular complexity index is 1020. The van der Waals surface area contributed by atoms with Gasteiger partial charge in [-0.3, -0.25) is 4.79 Å². The van der Waals surface area contributed by atoms with Gasteiger partial charge in [0.15, 0.2) is 12.4 Å². The minimum atomic E-state index is -1.04. The van der Waals surface area contributed by atoms with Gasteiger partial charge in [-0.25, -0.2) is 4.79 Å². The first-order valence-electron chi connectivity index (χ1n) is 11.5. The zero-order valence-corrected chi connectivity index (χ0v) is 20.7. The number of rotatable bonds is 14. The zero-order valence-electron chi connectivity index (χ0n) is 20.7. The number of hydrogen-bond donors (Lipinski definition) is 2. The lowest BCUT2D eigenvalue weighted by atomic mass is 9.67. The number of allylic oxidation sites excluding steroid dienone is 3. The fraction of sp³-hybridized carbons (Fsp3) is 0.357. The second kappa shape index (κ2) is 13.3. The van der Waals surface area contributed by atoms with Gasteiger partial charge < -0.3 is 24.4 Å². The molecule has 2 unspecified atom stereocenters. The van der Waals surface area contributed by atoms with Crippen LogP contribution in [0.1, 0.15) is 38.8 Å². The number of aliphatic hydroxyl groups is 1. The molecular weight excluding hydrogens is 448 g/mol. The third-order valence-corrected chi connectivity index (χ3v) is 5.82. The molecule has 0 aliphatic carbocycles. The maximum absolute atomic E-state index is 11.2. The van der Waals surface area contributed by atoms with E-state index in [1.165, 1.54) is 6.92 Å². The van der Waals surface area contributed by atoms with E-state index in [9.17, 15) is 9.59 Å². The molecule has 35 heavy (non-hydrogen) atoms. The van der Waals surface area contributed by atoms with Crippen molar-refractivity contribution in [3.05, 3.63) is 83.6 Å². The molecule has 0 saturated heterocycles. The van der Waals surface area contributed by atoms with Gasteiger partial charge in [-0.15, -0.1) is 0 Å². The number of carbonyl (C=O) groups excluding carboxylic acids is 1. The van der Waals surface area contributed by atoms with Gasteiger partial charge >= 0.3 is 5.97 Å². The van der Waals surface area contributed by atoms with Crippen LogP contribution in [-0.2, 0) is 19.7 Å². The summed E-state index contributed by atoms with van der Waals surface area (Å²) in [5.74, 6) is 0.638. The molecule has 0 aliphatic heterocycles. The van der Waals surface area contributed by atoms with Crippen LogP contribution in [0.25, 0.3) is 0 Å². The van der Waals surface area contributed by atoms with Crippen molar-refractivity contribution in [3.63, 3.8) is 0 Å². The smallest absolute Gasteiger partial charge is 0.341 e. The number of ketones is 1. The first-order valence-corrected chi connectivity index (χ1v) is 11.5. The Hall–Kier alpha value is -3.58. The molecule has 0 spiro atoms. The van der Waals surface area contributed by atoms with Crippen molar-refractivity contribution < 1.29 is 34.0 Å². The van der Waals surface area contributed by atoms with Gasteiger partial charge in [0.2, 0.25) is 0 Å². The highest BCUT2D eigenvalue weighted by atomic mass is 16.5. The van der Waals surface area contributed by atoms with E-state index >= 15 is 0 Å². The molecule has 188 valence electrons. The molecule has 2 rings (SSSR count). The van der Waals surface area contributed by atoms with Gasteiger partial charge in [0.25, 0.3) is 0 Å². The number of carbonyl (C=O) groups is 2. The van der Waals surface area contributed by atoms with Crippen molar-refractivity contribution in [2.24, 2.45) is 5.92 Å². The number of benzene rings is 2. The maximum Gasteiger partial charge on any atom is 0.341 e. The molecule has 0 aliphatic rings. The average molecular weight is 483 g/mol. The van der Waals surface area contributed by atoms with Crippen LogP contribution in [0.4, 0.5) is 0 Å². The van der Waals surface area contributed by atoms with Crippen molar-refractivity contribution in [1.82, 2.24) is 0 Å². The molecule has 0 aromatic heterocycles. The first-order chi connectivity index (χ1) is 16.7. The number of carboxylic acids is 1. The maximum atomic E-state index is 11.2. The van der Waals surface area contributed by atoms with E-state index in [0.717, 1.165) is 11.1 Å². The molecule has 0 fully saturated rings. The van der Waals surface area contributed by atoms with Crippen LogP contribution < -0.4 is 9.47 Å². The summed E-state index contributed by atoms with van der Waals surface area (Å²) < 4.78 is 16.4. The lowest BCUT2D eigenvalue weighted by Crippen LogP contribution is -2.30. The molecular formula is C28H34O7. The van der Waals surface area contributed by atoms with Crippen LogP contribution in [-0.4, -0.2) is 48.4 Å². The van der Waals surface area contributed by atoms with Crippen molar-refractivity contribution in [2.45, 2.75) is 33.1 Å². The minimum Gasteiger partial charge on any atom is -0.491 e. The van der Waals surface area contributed by atoms with Crippen LogP contribution in [0, 0.1) is 5.92 Å². The number of carboxylic acid groups (broad SMARTS) is 1. The van der Waals surface area contributed by atoms with Crippen molar-refractivity contribution >= 4 is 11.8 Å². The van der Waals surface area contributed by atoms with Crippen LogP contribution in [0.3, 0.4) is 0 Å². The zero-order chi connectivity index (χ0) is 25.8. The molecule has 7 heteroatoms. The van der Waals surface area contributed by atoms with Crippen LogP contribution in [0.15, 0.2) is 72.5 Å². The number of hydrogen-bond acceptors (Lipinski definition) is 6. The molecule has 7 nitrogen and oxygen atoms in total. The normalized spacial score (nSPS) is 14.3. The predicted molar refractivity (Wildman–Crippen MR) is 134 cm³/mol. The highest BCUT2D eigenvalue weighted by Gasteiger charge is 2.34. The number of Topliss-reactive ketones (excluding diaryl/α,β-unsaturated/α-hetero) is 1. The number of aliphatic hydroxyl groups excluding tert-OH is 1. The highest BCUT2D eigenvalue weighted by molar-refractivity contribution is 5.77. The molecule has 0 bridgehead atoms. The van der Waals surface area contributed by atoms with Gasteiger partial charge in [-0.2, -0.15) is 0 Å². The van der Waals surface area contributed by atoms with E-state index < -0.39 is 18.0 Å². The van der Waals surface area contributed by atoms with Gasteiger partial charge in [-0.1, -0.05) is 44.2 Å². The quantitative estimate of drug-likeness (QED) is 0.301. The average Bonchev–Trinajstić information content (AvgIpc) is 2.86. The third kappa shape index (κ3) is 8.00. The van der Waals surface area contributed by atoms with Gasteiger partial charge in [0.05, 0.1) is 6.61 Å². The highest BCUT2D eigenvalue weighted by Crippen LogP contribution is 2.41. The first kappa shape index (κ1) is 27.7. The summed E-state index contributed by atoms with van der Waals surface area (Å²) in [6.07, 6.45) is 5.50. The summed E-state index contributed by atoms with van der Waals surface area (Å²) >= 11 is 0. The molecule has 2 aromatic carbocycles. The lowest BCUT2D eigenvalue weighted by molar-refractivity contribution is -0.140. The van der Waals surface area contributed by atoms with Crippen molar-refractivity contribution in [2.75, 3.05) is 26.4 Å². The largest absolute Gasteiger partial charge is 0.491 e. The topological polar surface area (TPSA) is 102 Å². The summed E-state index contributed by atoms with van der Waals surface area (Å²) in [7, 11) is 0. The van der Waals surface area contributed by atoms with E-state index in [0.29, 0.717) is 17.3 Å². The Labute approximate surface area is 206 Å². The molecule has 2 aromatic rings. The second-order valence-corrected chi connectivity index (χ2v) is 8.34. The second-order valence-electron chi connectivity index (χ2n) is 8.34. The molecule has 0 saturated carbocycles. The van der Waals surface area contributed by atoms with E-state index in [-0.39, 0.29) is 31.5 Å². The number of ether oxygens (including phenoxy) is 3. The Morgan fingerprint density at radius 3 is 1.97 bits per heavy atom. The fourth-order valence-electron chi connectivity index (χ4n) is 3.64.